The Morgan fingerprint density at radius 3 is 2.69 bits per heavy atom. The van der Waals surface area contributed by atoms with Gasteiger partial charge in [-0.05, 0) is 57.2 Å². The lowest BCUT2D eigenvalue weighted by atomic mass is 9.94. The molecule has 0 bridgehead atoms. The number of hydrogen-bond donors (Lipinski definition) is 1. The van der Waals surface area contributed by atoms with E-state index in [1.165, 1.54) is 18.5 Å². The van der Waals surface area contributed by atoms with E-state index in [9.17, 15) is 0 Å². The molecule has 0 spiro atoms. The molecule has 1 aliphatic heterocycles. The van der Waals surface area contributed by atoms with E-state index in [2.05, 4.69) is 29.4 Å². The minimum absolute atomic E-state index is 0.532. The standard InChI is InChI=1S/C13H19ClN2/c1-15-9-11-7-8-16(2)13(11)10-3-5-12(14)6-4-10/h3-6,11,13,15H,7-9H2,1-2H3. The maximum Gasteiger partial charge on any atom is 0.0406 e. The first kappa shape index (κ1) is 11.9. The number of halogens is 1. The van der Waals surface area contributed by atoms with Crippen molar-refractivity contribution in [3.05, 3.63) is 34.9 Å². The first-order chi connectivity index (χ1) is 7.72. The summed E-state index contributed by atoms with van der Waals surface area (Å²) < 4.78 is 0. The van der Waals surface area contributed by atoms with Crippen molar-refractivity contribution in [2.75, 3.05) is 27.2 Å². The predicted octanol–water partition coefficient (Wildman–Crippen LogP) is 2.55. The van der Waals surface area contributed by atoms with Gasteiger partial charge in [0.1, 0.15) is 0 Å². The molecule has 0 saturated carbocycles. The highest BCUT2D eigenvalue weighted by Crippen LogP contribution is 2.35. The van der Waals surface area contributed by atoms with Crippen molar-refractivity contribution in [1.82, 2.24) is 10.2 Å². The second-order valence-corrected chi connectivity index (χ2v) is 5.02. The summed E-state index contributed by atoms with van der Waals surface area (Å²) >= 11 is 5.93. The SMILES string of the molecule is CNCC1CCN(C)C1c1ccc(Cl)cc1. The maximum absolute atomic E-state index is 5.93. The molecule has 1 fully saturated rings. The van der Waals surface area contributed by atoms with E-state index in [-0.39, 0.29) is 0 Å². The Kier molecular flexibility index (Phi) is 3.85. The summed E-state index contributed by atoms with van der Waals surface area (Å²) in [5, 5.41) is 4.10. The van der Waals surface area contributed by atoms with Gasteiger partial charge in [-0.2, -0.15) is 0 Å². The fraction of sp³-hybridized carbons (Fsp3) is 0.538. The van der Waals surface area contributed by atoms with Crippen LogP contribution in [0.2, 0.25) is 5.02 Å². The Hall–Kier alpha value is -0.570. The molecule has 1 aromatic rings. The third-order valence-electron chi connectivity index (χ3n) is 3.45. The van der Waals surface area contributed by atoms with E-state index in [0.717, 1.165) is 11.6 Å². The van der Waals surface area contributed by atoms with Crippen molar-refractivity contribution in [3.8, 4) is 0 Å². The van der Waals surface area contributed by atoms with Gasteiger partial charge in [0.25, 0.3) is 0 Å². The van der Waals surface area contributed by atoms with Gasteiger partial charge in [-0.1, -0.05) is 23.7 Å². The number of nitrogens with one attached hydrogen (secondary N) is 1. The van der Waals surface area contributed by atoms with E-state index < -0.39 is 0 Å². The molecule has 88 valence electrons. The van der Waals surface area contributed by atoms with E-state index >= 15 is 0 Å². The highest BCUT2D eigenvalue weighted by molar-refractivity contribution is 6.30. The average Bonchev–Trinajstić information content (AvgIpc) is 2.62. The van der Waals surface area contributed by atoms with Crippen LogP contribution in [0.3, 0.4) is 0 Å². The summed E-state index contributed by atoms with van der Waals surface area (Å²) in [5.41, 5.74) is 1.38. The largest absolute Gasteiger partial charge is 0.319 e. The quantitative estimate of drug-likeness (QED) is 0.871. The zero-order valence-electron chi connectivity index (χ0n) is 9.91. The summed E-state index contributed by atoms with van der Waals surface area (Å²) in [4.78, 5) is 2.44. The second-order valence-electron chi connectivity index (χ2n) is 4.58. The van der Waals surface area contributed by atoms with Gasteiger partial charge in [-0.3, -0.25) is 4.90 Å². The van der Waals surface area contributed by atoms with Crippen LogP contribution in [0.1, 0.15) is 18.0 Å². The molecule has 1 aliphatic rings. The van der Waals surface area contributed by atoms with Gasteiger partial charge in [0, 0.05) is 11.1 Å². The van der Waals surface area contributed by atoms with Gasteiger partial charge in [0.2, 0.25) is 0 Å². The first-order valence-corrected chi connectivity index (χ1v) is 6.20. The summed E-state index contributed by atoms with van der Waals surface area (Å²) in [6, 6.07) is 8.80. The van der Waals surface area contributed by atoms with E-state index in [0.29, 0.717) is 12.0 Å². The molecule has 0 aromatic heterocycles. The topological polar surface area (TPSA) is 15.3 Å². The van der Waals surface area contributed by atoms with E-state index in [4.69, 9.17) is 11.6 Å². The van der Waals surface area contributed by atoms with Crippen LogP contribution in [-0.2, 0) is 0 Å². The van der Waals surface area contributed by atoms with Crippen LogP contribution < -0.4 is 5.32 Å². The van der Waals surface area contributed by atoms with Crippen molar-refractivity contribution < 1.29 is 0 Å². The zero-order chi connectivity index (χ0) is 11.5. The molecule has 1 saturated heterocycles. The summed E-state index contributed by atoms with van der Waals surface area (Å²) in [5.74, 6) is 0.705. The van der Waals surface area contributed by atoms with Crippen molar-refractivity contribution in [2.24, 2.45) is 5.92 Å². The van der Waals surface area contributed by atoms with Crippen LogP contribution in [0.4, 0.5) is 0 Å². The van der Waals surface area contributed by atoms with Crippen LogP contribution in [0.5, 0.6) is 0 Å². The second kappa shape index (κ2) is 5.17. The molecule has 16 heavy (non-hydrogen) atoms. The van der Waals surface area contributed by atoms with Crippen LogP contribution in [0.25, 0.3) is 0 Å². The highest BCUT2D eigenvalue weighted by Gasteiger charge is 2.32. The molecule has 1 aromatic carbocycles. The Balaban J connectivity index is 2.19. The van der Waals surface area contributed by atoms with Crippen molar-refractivity contribution in [1.29, 1.82) is 0 Å². The molecule has 1 N–H and O–H groups in total. The summed E-state index contributed by atoms with van der Waals surface area (Å²) in [6.45, 7) is 2.26. The molecular weight excluding hydrogens is 220 g/mol. The minimum Gasteiger partial charge on any atom is -0.319 e. The normalized spacial score (nSPS) is 26.2. The molecule has 0 amide bonds. The molecule has 2 unspecified atom stereocenters. The first-order valence-electron chi connectivity index (χ1n) is 5.82. The molecule has 2 rings (SSSR count). The van der Waals surface area contributed by atoms with Gasteiger partial charge >= 0.3 is 0 Å². The lowest BCUT2D eigenvalue weighted by Gasteiger charge is -2.25. The van der Waals surface area contributed by atoms with Gasteiger partial charge in [0.05, 0.1) is 0 Å². The Morgan fingerprint density at radius 2 is 2.06 bits per heavy atom. The maximum atomic E-state index is 5.93. The lowest BCUT2D eigenvalue weighted by molar-refractivity contribution is 0.274. The third kappa shape index (κ3) is 2.40. The average molecular weight is 239 g/mol. The van der Waals surface area contributed by atoms with Crippen molar-refractivity contribution in [3.63, 3.8) is 0 Å². The Bertz CT molecular complexity index is 334. The number of rotatable bonds is 3. The molecular formula is C13H19ClN2. The summed E-state index contributed by atoms with van der Waals surface area (Å²) in [7, 11) is 4.23. The fourth-order valence-corrected chi connectivity index (χ4v) is 2.81. The number of likely N-dealkylation sites (tertiary alicyclic amines) is 1. The fourth-order valence-electron chi connectivity index (χ4n) is 2.69. The molecule has 2 nitrogen and oxygen atoms in total. The molecule has 3 heteroatoms. The van der Waals surface area contributed by atoms with Crippen molar-refractivity contribution >= 4 is 11.6 Å². The summed E-state index contributed by atoms with van der Waals surface area (Å²) in [6.07, 6.45) is 1.27. The minimum atomic E-state index is 0.532. The number of nitrogens with zero attached hydrogens (tertiary/aromatic N) is 1. The number of hydrogen-bond acceptors (Lipinski definition) is 2. The van der Waals surface area contributed by atoms with Gasteiger partial charge in [0.15, 0.2) is 0 Å². The molecule has 1 heterocycles. The molecule has 0 radical (unpaired) electrons. The highest BCUT2D eigenvalue weighted by atomic mass is 35.5. The third-order valence-corrected chi connectivity index (χ3v) is 3.70. The lowest BCUT2D eigenvalue weighted by Crippen LogP contribution is -2.26. The molecule has 2 atom stereocenters. The Morgan fingerprint density at radius 1 is 1.38 bits per heavy atom. The van der Waals surface area contributed by atoms with Gasteiger partial charge in [-0.15, -0.1) is 0 Å². The zero-order valence-corrected chi connectivity index (χ0v) is 10.7. The van der Waals surface area contributed by atoms with Crippen LogP contribution >= 0.6 is 11.6 Å². The van der Waals surface area contributed by atoms with Crippen LogP contribution in [0.15, 0.2) is 24.3 Å². The van der Waals surface area contributed by atoms with Gasteiger partial charge in [-0.25, -0.2) is 0 Å². The Labute approximate surface area is 103 Å². The monoisotopic (exact) mass is 238 g/mol. The van der Waals surface area contributed by atoms with Crippen LogP contribution in [0, 0.1) is 5.92 Å². The molecule has 0 aliphatic carbocycles. The van der Waals surface area contributed by atoms with Crippen molar-refractivity contribution in [2.45, 2.75) is 12.5 Å². The predicted molar refractivity (Wildman–Crippen MR) is 68.9 cm³/mol. The van der Waals surface area contributed by atoms with E-state index in [1.807, 2.05) is 19.2 Å². The van der Waals surface area contributed by atoms with E-state index in [1.54, 1.807) is 0 Å². The van der Waals surface area contributed by atoms with Crippen LogP contribution in [-0.4, -0.2) is 32.1 Å². The van der Waals surface area contributed by atoms with Gasteiger partial charge < -0.3 is 5.32 Å². The smallest absolute Gasteiger partial charge is 0.0406 e. The number of benzene rings is 1.